The number of carbonyl (C=O) groups is 1. The number of amides is 1. The number of rotatable bonds is 2. The minimum Gasteiger partial charge on any atom is -0.386 e. The molecule has 1 saturated heterocycles. The van der Waals surface area contributed by atoms with Gasteiger partial charge < -0.3 is 15.3 Å². The summed E-state index contributed by atoms with van der Waals surface area (Å²) < 4.78 is 0. The Bertz CT molecular complexity index is 507. The smallest absolute Gasteiger partial charge is 0.232 e. The summed E-state index contributed by atoms with van der Waals surface area (Å²) in [5.74, 6) is 0.209. The van der Waals surface area contributed by atoms with E-state index in [-0.39, 0.29) is 17.7 Å². The summed E-state index contributed by atoms with van der Waals surface area (Å²) in [5, 5.41) is 13.5. The fraction of sp³-hybridized carbons (Fsp3) is 0.533. The summed E-state index contributed by atoms with van der Waals surface area (Å²) in [6, 6.07) is 7.95. The van der Waals surface area contributed by atoms with Gasteiger partial charge in [0.25, 0.3) is 0 Å². The van der Waals surface area contributed by atoms with Crippen LogP contribution >= 0.6 is 0 Å². The Balaban J connectivity index is 1.71. The zero-order chi connectivity index (χ0) is 13.6. The molecular weight excluding hydrogens is 240 g/mol. The van der Waals surface area contributed by atoms with Crippen molar-refractivity contribution in [1.82, 2.24) is 4.90 Å². The quantitative estimate of drug-likeness (QED) is 0.845. The molecule has 19 heavy (non-hydrogen) atoms. The number of β-amino-alcohol motifs (C(OH)–C–C–N with tert-alkyl or cyclic N) is 1. The molecule has 4 heteroatoms. The minimum absolute atomic E-state index is 0.104. The average molecular weight is 260 g/mol. The summed E-state index contributed by atoms with van der Waals surface area (Å²) in [5.41, 5.74) is 1.44. The number of hydrogen-bond acceptors (Lipinski definition) is 3. The molecule has 1 aromatic rings. The molecule has 1 aromatic carbocycles. The second-order valence-electron chi connectivity index (χ2n) is 5.97. The molecule has 2 aliphatic heterocycles. The number of carbonyl (C=O) groups excluding carboxylic acids is 1. The van der Waals surface area contributed by atoms with Gasteiger partial charge in [-0.1, -0.05) is 32.0 Å². The maximum atomic E-state index is 12.5. The Labute approximate surface area is 113 Å². The third-order valence-electron chi connectivity index (χ3n) is 4.45. The highest BCUT2D eigenvalue weighted by atomic mass is 16.3. The predicted molar refractivity (Wildman–Crippen MR) is 74.0 cm³/mol. The van der Waals surface area contributed by atoms with Crippen LogP contribution < -0.4 is 5.32 Å². The number of nitrogens with zero attached hydrogens (tertiary/aromatic N) is 1. The van der Waals surface area contributed by atoms with Gasteiger partial charge in [-0.3, -0.25) is 4.79 Å². The van der Waals surface area contributed by atoms with Crippen LogP contribution in [0.15, 0.2) is 24.3 Å². The van der Waals surface area contributed by atoms with E-state index in [1.807, 2.05) is 38.1 Å². The fourth-order valence-corrected chi connectivity index (χ4v) is 2.86. The molecule has 1 fully saturated rings. The summed E-state index contributed by atoms with van der Waals surface area (Å²) in [4.78, 5) is 14.2. The molecule has 2 N–H and O–H groups in total. The first-order valence-corrected chi connectivity index (χ1v) is 6.85. The van der Waals surface area contributed by atoms with E-state index in [1.165, 1.54) is 0 Å². The van der Waals surface area contributed by atoms with Crippen LogP contribution in [-0.2, 0) is 4.79 Å². The predicted octanol–water partition coefficient (Wildman–Crippen LogP) is 1.42. The van der Waals surface area contributed by atoms with E-state index in [0.29, 0.717) is 19.6 Å². The molecule has 2 heterocycles. The minimum atomic E-state index is -0.693. The van der Waals surface area contributed by atoms with Gasteiger partial charge in [-0.25, -0.2) is 0 Å². The molecular formula is C15H20N2O2. The molecule has 102 valence electrons. The van der Waals surface area contributed by atoms with E-state index in [0.717, 1.165) is 11.3 Å². The first-order valence-electron chi connectivity index (χ1n) is 6.85. The number of fused-ring (bicyclic) bond motifs is 1. The van der Waals surface area contributed by atoms with Gasteiger partial charge in [0.1, 0.15) is 5.60 Å². The number of benzene rings is 1. The molecule has 2 aliphatic rings. The molecule has 4 nitrogen and oxygen atoms in total. The highest BCUT2D eigenvalue weighted by Crippen LogP contribution is 2.36. The van der Waals surface area contributed by atoms with Gasteiger partial charge in [-0.05, 0) is 17.5 Å². The zero-order valence-electron chi connectivity index (χ0n) is 11.4. The van der Waals surface area contributed by atoms with Gasteiger partial charge in [0.05, 0.1) is 19.0 Å². The molecule has 0 radical (unpaired) electrons. The zero-order valence-corrected chi connectivity index (χ0v) is 11.4. The largest absolute Gasteiger partial charge is 0.386 e. The number of aliphatic hydroxyl groups is 1. The van der Waals surface area contributed by atoms with Crippen molar-refractivity contribution in [3.05, 3.63) is 29.8 Å². The number of anilines is 1. The lowest BCUT2D eigenvalue weighted by molar-refractivity contribution is -0.164. The maximum absolute atomic E-state index is 12.5. The first kappa shape index (κ1) is 12.5. The van der Waals surface area contributed by atoms with Gasteiger partial charge in [0.2, 0.25) is 5.91 Å². The lowest BCUT2D eigenvalue weighted by atomic mass is 9.82. The van der Waals surface area contributed by atoms with Crippen LogP contribution in [-0.4, -0.2) is 41.1 Å². The summed E-state index contributed by atoms with van der Waals surface area (Å²) in [6.45, 7) is 5.57. The average Bonchev–Trinajstić information content (AvgIpc) is 2.77. The Kier molecular flexibility index (Phi) is 2.78. The van der Waals surface area contributed by atoms with Crippen molar-refractivity contribution < 1.29 is 9.90 Å². The second kappa shape index (κ2) is 4.23. The van der Waals surface area contributed by atoms with E-state index in [9.17, 15) is 9.90 Å². The van der Waals surface area contributed by atoms with Crippen LogP contribution in [0.4, 0.5) is 5.69 Å². The highest BCUT2D eigenvalue weighted by Gasteiger charge is 2.47. The van der Waals surface area contributed by atoms with Crippen molar-refractivity contribution in [3.63, 3.8) is 0 Å². The van der Waals surface area contributed by atoms with E-state index >= 15 is 0 Å². The van der Waals surface area contributed by atoms with E-state index in [2.05, 4.69) is 5.32 Å². The van der Waals surface area contributed by atoms with Crippen molar-refractivity contribution in [2.75, 3.05) is 25.0 Å². The van der Waals surface area contributed by atoms with Crippen LogP contribution in [0.25, 0.3) is 0 Å². The normalized spacial score (nSPS) is 23.8. The van der Waals surface area contributed by atoms with Crippen molar-refractivity contribution in [1.29, 1.82) is 0 Å². The van der Waals surface area contributed by atoms with Gasteiger partial charge in [-0.2, -0.15) is 0 Å². The van der Waals surface area contributed by atoms with Crippen molar-refractivity contribution in [3.8, 4) is 0 Å². The third kappa shape index (κ3) is 1.91. The molecule has 3 rings (SSSR count). The lowest BCUT2D eigenvalue weighted by Crippen LogP contribution is -2.66. The molecule has 1 atom stereocenters. The Morgan fingerprint density at radius 1 is 1.42 bits per heavy atom. The maximum Gasteiger partial charge on any atom is 0.232 e. The van der Waals surface area contributed by atoms with Gasteiger partial charge in [0.15, 0.2) is 0 Å². The van der Waals surface area contributed by atoms with Crippen LogP contribution in [0.3, 0.4) is 0 Å². The molecule has 0 saturated carbocycles. The summed E-state index contributed by atoms with van der Waals surface area (Å²) in [6.07, 6.45) is 0. The topological polar surface area (TPSA) is 52.6 Å². The van der Waals surface area contributed by atoms with Crippen molar-refractivity contribution in [2.24, 2.45) is 5.92 Å². The van der Waals surface area contributed by atoms with Crippen LogP contribution in [0.1, 0.15) is 25.3 Å². The van der Waals surface area contributed by atoms with E-state index in [1.54, 1.807) is 4.90 Å². The number of likely N-dealkylation sites (tertiary alicyclic amines) is 1. The fourth-order valence-electron chi connectivity index (χ4n) is 2.86. The van der Waals surface area contributed by atoms with E-state index in [4.69, 9.17) is 0 Å². The summed E-state index contributed by atoms with van der Waals surface area (Å²) in [7, 11) is 0. The van der Waals surface area contributed by atoms with Gasteiger partial charge in [-0.15, -0.1) is 0 Å². The molecule has 0 aliphatic carbocycles. The molecule has 0 aromatic heterocycles. The second-order valence-corrected chi connectivity index (χ2v) is 5.97. The standard InChI is InChI=1S/C15H20N2O2/c1-10(2)15(19)8-17(9-15)14(18)12-7-16-13-6-4-3-5-11(12)13/h3-6,10,12,16,19H,7-9H2,1-2H3. The Hall–Kier alpha value is -1.55. The van der Waals surface area contributed by atoms with E-state index < -0.39 is 5.60 Å². The van der Waals surface area contributed by atoms with Crippen LogP contribution in [0, 0.1) is 5.92 Å². The lowest BCUT2D eigenvalue weighted by Gasteiger charge is -2.49. The SMILES string of the molecule is CC(C)C1(O)CN(C(=O)C2CNc3ccccc32)C1. The van der Waals surface area contributed by atoms with Crippen LogP contribution in [0.2, 0.25) is 0 Å². The number of nitrogens with one attached hydrogen (secondary N) is 1. The summed E-state index contributed by atoms with van der Waals surface area (Å²) >= 11 is 0. The number of para-hydroxylation sites is 1. The Morgan fingerprint density at radius 2 is 2.11 bits per heavy atom. The molecule has 0 bridgehead atoms. The van der Waals surface area contributed by atoms with Crippen LogP contribution in [0.5, 0.6) is 0 Å². The molecule has 1 unspecified atom stereocenters. The van der Waals surface area contributed by atoms with Crippen molar-refractivity contribution >= 4 is 11.6 Å². The molecule has 0 spiro atoms. The third-order valence-corrected chi connectivity index (χ3v) is 4.45. The monoisotopic (exact) mass is 260 g/mol. The Morgan fingerprint density at radius 3 is 2.79 bits per heavy atom. The number of hydrogen-bond donors (Lipinski definition) is 2. The van der Waals surface area contributed by atoms with Gasteiger partial charge >= 0.3 is 0 Å². The first-order chi connectivity index (χ1) is 9.01. The highest BCUT2D eigenvalue weighted by molar-refractivity contribution is 5.89. The van der Waals surface area contributed by atoms with Gasteiger partial charge in [0, 0.05) is 12.2 Å². The molecule has 1 amide bonds. The van der Waals surface area contributed by atoms with Crippen molar-refractivity contribution in [2.45, 2.75) is 25.4 Å².